The van der Waals surface area contributed by atoms with Crippen molar-refractivity contribution < 1.29 is 19.1 Å². The molecule has 4 rings (SSSR count). The van der Waals surface area contributed by atoms with Gasteiger partial charge >= 0.3 is 5.97 Å². The molecule has 148 valence electrons. The van der Waals surface area contributed by atoms with Gasteiger partial charge in [-0.05, 0) is 74.2 Å². The van der Waals surface area contributed by atoms with Crippen LogP contribution in [0.25, 0.3) is 0 Å². The van der Waals surface area contributed by atoms with E-state index in [4.69, 9.17) is 4.74 Å². The Balaban J connectivity index is 1.77. The Bertz CT molecular complexity index is 722. The molecule has 0 bridgehead atoms. The average molecular weight is 373 g/mol. The lowest BCUT2D eigenvalue weighted by molar-refractivity contribution is -0.176. The van der Waals surface area contributed by atoms with Gasteiger partial charge < -0.3 is 4.74 Å². The van der Waals surface area contributed by atoms with E-state index in [9.17, 15) is 14.4 Å². The fourth-order valence-electron chi connectivity index (χ4n) is 7.64. The zero-order chi connectivity index (χ0) is 19.6. The molecule has 0 aromatic carbocycles. The van der Waals surface area contributed by atoms with Crippen LogP contribution in [0.15, 0.2) is 11.6 Å². The molecule has 4 aliphatic carbocycles. The first-order valence-electron chi connectivity index (χ1n) is 10.6. The van der Waals surface area contributed by atoms with Gasteiger partial charge in [-0.1, -0.05) is 19.4 Å². The number of hydrogen-bond acceptors (Lipinski definition) is 4. The van der Waals surface area contributed by atoms with Crippen molar-refractivity contribution in [1.29, 1.82) is 0 Å². The average Bonchev–Trinajstić information content (AvgIpc) is 2.91. The van der Waals surface area contributed by atoms with E-state index in [0.717, 1.165) is 38.5 Å². The standard InChI is InChI=1S/C23H32O4/c1-13(24)18-7-8-19-17-6-5-15-11-16(26)9-10-22(15,3)21(17)20(27-14(2)25)12-23(18,19)4/h11,17-21H,5-10,12H2,1-4H3/t17-,18?,19-,20?,21?,22?,23+/m0/s1. The van der Waals surface area contributed by atoms with Gasteiger partial charge in [0.1, 0.15) is 11.9 Å². The Labute approximate surface area is 162 Å². The van der Waals surface area contributed by atoms with Crippen molar-refractivity contribution in [1.82, 2.24) is 0 Å². The summed E-state index contributed by atoms with van der Waals surface area (Å²) in [7, 11) is 0. The molecule has 4 aliphatic rings. The molecular formula is C23H32O4. The number of carbonyl (C=O) groups is 3. The van der Waals surface area contributed by atoms with Crippen LogP contribution in [0.3, 0.4) is 0 Å². The highest BCUT2D eigenvalue weighted by Gasteiger charge is 2.63. The van der Waals surface area contributed by atoms with Crippen molar-refractivity contribution >= 4 is 17.5 Å². The first kappa shape index (κ1) is 18.9. The van der Waals surface area contributed by atoms with Gasteiger partial charge in [0.25, 0.3) is 0 Å². The quantitative estimate of drug-likeness (QED) is 0.679. The molecule has 3 saturated carbocycles. The minimum atomic E-state index is -0.232. The molecule has 0 aromatic rings. The van der Waals surface area contributed by atoms with E-state index in [1.807, 2.05) is 6.08 Å². The Morgan fingerprint density at radius 3 is 2.52 bits per heavy atom. The molecule has 0 saturated heterocycles. The van der Waals surface area contributed by atoms with Crippen molar-refractivity contribution in [3.05, 3.63) is 11.6 Å². The van der Waals surface area contributed by atoms with Gasteiger partial charge in [0.05, 0.1) is 0 Å². The van der Waals surface area contributed by atoms with Gasteiger partial charge in [-0.3, -0.25) is 14.4 Å². The summed E-state index contributed by atoms with van der Waals surface area (Å²) in [5, 5.41) is 0. The topological polar surface area (TPSA) is 60.4 Å². The highest BCUT2D eigenvalue weighted by molar-refractivity contribution is 5.91. The molecule has 27 heavy (non-hydrogen) atoms. The van der Waals surface area contributed by atoms with Crippen LogP contribution < -0.4 is 0 Å². The lowest BCUT2D eigenvalue weighted by Crippen LogP contribution is -2.57. The summed E-state index contributed by atoms with van der Waals surface area (Å²) >= 11 is 0. The second kappa shape index (κ2) is 6.28. The molecule has 4 unspecified atom stereocenters. The van der Waals surface area contributed by atoms with Crippen molar-refractivity contribution in [2.24, 2.45) is 34.5 Å². The summed E-state index contributed by atoms with van der Waals surface area (Å²) in [4.78, 5) is 36.4. The SMILES string of the molecule is CC(=O)OC1C[C@]2(C)C(C(C)=O)CC[C@H]2[C@@H]2CCC3=CC(=O)CCC3(C)C12. The van der Waals surface area contributed by atoms with Crippen LogP contribution in [0.4, 0.5) is 0 Å². The first-order chi connectivity index (χ1) is 12.7. The monoisotopic (exact) mass is 372 g/mol. The second-order valence-electron chi connectivity index (χ2n) is 9.99. The van der Waals surface area contributed by atoms with E-state index in [0.29, 0.717) is 18.3 Å². The predicted octanol–water partition coefficient (Wildman–Crippen LogP) is 4.27. The molecule has 0 N–H and O–H groups in total. The largest absolute Gasteiger partial charge is 0.462 e. The van der Waals surface area contributed by atoms with Crippen LogP contribution in [0.2, 0.25) is 0 Å². The molecule has 0 spiro atoms. The molecule has 4 nitrogen and oxygen atoms in total. The first-order valence-corrected chi connectivity index (χ1v) is 10.6. The Morgan fingerprint density at radius 1 is 1.11 bits per heavy atom. The smallest absolute Gasteiger partial charge is 0.302 e. The number of fused-ring (bicyclic) bond motifs is 5. The fourth-order valence-corrected chi connectivity index (χ4v) is 7.64. The van der Waals surface area contributed by atoms with Crippen LogP contribution in [-0.2, 0) is 19.1 Å². The number of esters is 1. The molecule has 0 amide bonds. The van der Waals surface area contributed by atoms with E-state index >= 15 is 0 Å². The van der Waals surface area contributed by atoms with E-state index in [1.54, 1.807) is 6.92 Å². The van der Waals surface area contributed by atoms with E-state index in [-0.39, 0.29) is 46.3 Å². The molecule has 3 fully saturated rings. The number of carbonyl (C=O) groups excluding carboxylic acids is 3. The Morgan fingerprint density at radius 2 is 1.85 bits per heavy atom. The van der Waals surface area contributed by atoms with Gasteiger partial charge in [-0.25, -0.2) is 0 Å². The zero-order valence-corrected chi connectivity index (χ0v) is 17.0. The van der Waals surface area contributed by atoms with Gasteiger partial charge in [0, 0.05) is 25.2 Å². The predicted molar refractivity (Wildman–Crippen MR) is 102 cm³/mol. The molecule has 0 aliphatic heterocycles. The summed E-state index contributed by atoms with van der Waals surface area (Å²) in [6, 6.07) is 0. The maximum absolute atomic E-state index is 12.4. The Hall–Kier alpha value is -1.45. The minimum absolute atomic E-state index is 0.0629. The normalized spacial score (nSPS) is 46.0. The molecule has 0 aromatic heterocycles. The van der Waals surface area contributed by atoms with E-state index < -0.39 is 0 Å². The Kier molecular flexibility index (Phi) is 4.40. The molecular weight excluding hydrogens is 340 g/mol. The lowest BCUT2D eigenvalue weighted by atomic mass is 9.46. The van der Waals surface area contributed by atoms with Crippen molar-refractivity contribution in [3.63, 3.8) is 0 Å². The number of ketones is 2. The third-order valence-electron chi connectivity index (χ3n) is 8.68. The summed E-state index contributed by atoms with van der Waals surface area (Å²) < 4.78 is 5.94. The minimum Gasteiger partial charge on any atom is -0.462 e. The van der Waals surface area contributed by atoms with Crippen LogP contribution in [0, 0.1) is 34.5 Å². The number of allylic oxidation sites excluding steroid dienone is 1. The van der Waals surface area contributed by atoms with Gasteiger partial charge in [0.2, 0.25) is 0 Å². The summed E-state index contributed by atoms with van der Waals surface area (Å²) in [6.07, 6.45) is 8.02. The maximum Gasteiger partial charge on any atom is 0.302 e. The summed E-state index contributed by atoms with van der Waals surface area (Å²) in [6.45, 7) is 7.77. The number of hydrogen-bond donors (Lipinski definition) is 0. The van der Waals surface area contributed by atoms with E-state index in [1.165, 1.54) is 12.5 Å². The number of ether oxygens (including phenoxy) is 1. The fraction of sp³-hybridized carbons (Fsp3) is 0.783. The molecule has 0 heterocycles. The summed E-state index contributed by atoms with van der Waals surface area (Å²) in [5.74, 6) is 1.61. The van der Waals surface area contributed by atoms with E-state index in [2.05, 4.69) is 13.8 Å². The molecule has 7 atom stereocenters. The number of rotatable bonds is 2. The second-order valence-corrected chi connectivity index (χ2v) is 9.99. The summed E-state index contributed by atoms with van der Waals surface area (Å²) in [5.41, 5.74) is 1.13. The van der Waals surface area contributed by atoms with Crippen LogP contribution in [0.1, 0.15) is 72.6 Å². The molecule has 4 heteroatoms. The van der Waals surface area contributed by atoms with Crippen molar-refractivity contribution in [3.8, 4) is 0 Å². The van der Waals surface area contributed by atoms with Gasteiger partial charge in [0.15, 0.2) is 5.78 Å². The van der Waals surface area contributed by atoms with Crippen molar-refractivity contribution in [2.75, 3.05) is 0 Å². The van der Waals surface area contributed by atoms with Crippen molar-refractivity contribution in [2.45, 2.75) is 78.7 Å². The highest BCUT2D eigenvalue weighted by Crippen LogP contribution is 2.67. The van der Waals surface area contributed by atoms with Crippen LogP contribution in [-0.4, -0.2) is 23.6 Å². The maximum atomic E-state index is 12.4. The van der Waals surface area contributed by atoms with Gasteiger partial charge in [-0.15, -0.1) is 0 Å². The third-order valence-corrected chi connectivity index (χ3v) is 8.68. The van der Waals surface area contributed by atoms with Crippen LogP contribution in [0.5, 0.6) is 0 Å². The lowest BCUT2D eigenvalue weighted by Gasteiger charge is -2.60. The zero-order valence-electron chi connectivity index (χ0n) is 17.0. The third kappa shape index (κ3) is 2.74. The van der Waals surface area contributed by atoms with Crippen LogP contribution >= 0.6 is 0 Å². The highest BCUT2D eigenvalue weighted by atomic mass is 16.5. The number of Topliss-reactive ketones (excluding diaryl/α,β-unsaturated/α-hetero) is 1. The van der Waals surface area contributed by atoms with Gasteiger partial charge in [-0.2, -0.15) is 0 Å². The molecule has 0 radical (unpaired) electrons.